The van der Waals surface area contributed by atoms with Gasteiger partial charge in [-0.2, -0.15) is 0 Å². The summed E-state index contributed by atoms with van der Waals surface area (Å²) in [4.78, 5) is 19.5. The molecule has 0 aromatic heterocycles. The Hall–Kier alpha value is -1.62. The molecule has 2 heterocycles. The maximum atomic E-state index is 11.8. The van der Waals surface area contributed by atoms with Gasteiger partial charge in [-0.1, -0.05) is 36.0 Å². The summed E-state index contributed by atoms with van der Waals surface area (Å²) in [7, 11) is 2.20. The molecule has 3 nitrogen and oxygen atoms in total. The maximum Gasteiger partial charge on any atom is 0.159 e. The molecule has 0 saturated carbocycles. The lowest BCUT2D eigenvalue weighted by Crippen LogP contribution is -2.46. The summed E-state index contributed by atoms with van der Waals surface area (Å²) in [5.74, 6) is 0.144. The minimum absolute atomic E-state index is 0.144. The van der Waals surface area contributed by atoms with Gasteiger partial charge in [0.05, 0.1) is 0 Å². The summed E-state index contributed by atoms with van der Waals surface area (Å²) in [5.41, 5.74) is 3.55. The molecule has 0 aliphatic carbocycles. The third-order valence-electron chi connectivity index (χ3n) is 5.36. The lowest BCUT2D eigenvalue weighted by Gasteiger charge is -2.38. The first-order chi connectivity index (χ1) is 12.1. The van der Waals surface area contributed by atoms with Crippen LogP contribution >= 0.6 is 11.8 Å². The van der Waals surface area contributed by atoms with Crippen molar-refractivity contribution in [3.63, 3.8) is 0 Å². The van der Waals surface area contributed by atoms with Gasteiger partial charge in [0.2, 0.25) is 0 Å². The molecule has 1 unspecified atom stereocenters. The number of carbonyl (C=O) groups is 1. The van der Waals surface area contributed by atoms with Crippen molar-refractivity contribution in [2.45, 2.75) is 29.2 Å². The summed E-state index contributed by atoms with van der Waals surface area (Å²) in [5, 5.41) is 0. The quantitative estimate of drug-likeness (QED) is 0.765. The minimum Gasteiger partial charge on any atom is -0.304 e. The fourth-order valence-electron chi connectivity index (χ4n) is 3.80. The molecule has 130 valence electrons. The number of piperazine rings is 1. The number of hydrogen-bond acceptors (Lipinski definition) is 4. The van der Waals surface area contributed by atoms with Crippen molar-refractivity contribution >= 4 is 17.5 Å². The number of rotatable bonds is 2. The molecule has 2 aliphatic rings. The molecule has 4 heteroatoms. The second kappa shape index (κ2) is 6.94. The molecule has 2 aromatic carbocycles. The van der Waals surface area contributed by atoms with E-state index < -0.39 is 0 Å². The van der Waals surface area contributed by atoms with Crippen LogP contribution in [-0.4, -0.2) is 48.8 Å². The van der Waals surface area contributed by atoms with Crippen LogP contribution in [0.3, 0.4) is 0 Å². The van der Waals surface area contributed by atoms with E-state index in [1.807, 2.05) is 17.8 Å². The summed E-state index contributed by atoms with van der Waals surface area (Å²) in [6.45, 7) is 6.08. The number of hydrogen-bond donors (Lipinski definition) is 0. The molecular weight excluding hydrogens is 328 g/mol. The Labute approximate surface area is 154 Å². The lowest BCUT2D eigenvalue weighted by molar-refractivity contribution is 0.101. The van der Waals surface area contributed by atoms with Gasteiger partial charge in [0, 0.05) is 47.6 Å². The van der Waals surface area contributed by atoms with E-state index in [1.54, 1.807) is 6.92 Å². The van der Waals surface area contributed by atoms with Crippen molar-refractivity contribution in [2.75, 3.05) is 33.2 Å². The molecule has 1 fully saturated rings. The van der Waals surface area contributed by atoms with E-state index in [4.69, 9.17) is 0 Å². The Morgan fingerprint density at radius 1 is 1.04 bits per heavy atom. The van der Waals surface area contributed by atoms with Crippen molar-refractivity contribution in [3.05, 3.63) is 59.2 Å². The SMILES string of the molecule is CC(=O)c1ccc2c(c1)CC(N1CCN(C)CC1)c1ccccc1S2. The van der Waals surface area contributed by atoms with Crippen LogP contribution in [0.1, 0.15) is 34.5 Å². The second-order valence-electron chi connectivity index (χ2n) is 7.08. The second-order valence-corrected chi connectivity index (χ2v) is 8.16. The highest BCUT2D eigenvalue weighted by atomic mass is 32.2. The van der Waals surface area contributed by atoms with Crippen LogP contribution in [0.5, 0.6) is 0 Å². The summed E-state index contributed by atoms with van der Waals surface area (Å²) in [6, 6.07) is 15.4. The fraction of sp³-hybridized carbons (Fsp3) is 0.381. The van der Waals surface area contributed by atoms with E-state index in [0.717, 1.165) is 38.2 Å². The molecule has 0 N–H and O–H groups in total. The number of fused-ring (bicyclic) bond motifs is 2. The summed E-state index contributed by atoms with van der Waals surface area (Å²) < 4.78 is 0. The van der Waals surface area contributed by atoms with Crippen molar-refractivity contribution in [1.82, 2.24) is 9.80 Å². The Kier molecular flexibility index (Phi) is 4.67. The third kappa shape index (κ3) is 3.39. The third-order valence-corrected chi connectivity index (χ3v) is 6.57. The van der Waals surface area contributed by atoms with Crippen LogP contribution in [0.4, 0.5) is 0 Å². The lowest BCUT2D eigenvalue weighted by atomic mass is 9.95. The highest BCUT2D eigenvalue weighted by molar-refractivity contribution is 7.99. The molecule has 2 aromatic rings. The smallest absolute Gasteiger partial charge is 0.159 e. The number of nitrogens with zero attached hydrogens (tertiary/aromatic N) is 2. The molecule has 1 atom stereocenters. The van der Waals surface area contributed by atoms with E-state index in [-0.39, 0.29) is 5.78 Å². The monoisotopic (exact) mass is 352 g/mol. The first-order valence-corrected chi connectivity index (χ1v) is 9.77. The van der Waals surface area contributed by atoms with Crippen molar-refractivity contribution in [2.24, 2.45) is 0 Å². The van der Waals surface area contributed by atoms with E-state index in [2.05, 4.69) is 53.2 Å². The van der Waals surface area contributed by atoms with Crippen LogP contribution in [0.15, 0.2) is 52.3 Å². The minimum atomic E-state index is 0.144. The predicted octanol–water partition coefficient (Wildman–Crippen LogP) is 3.89. The molecule has 4 rings (SSSR count). The van der Waals surface area contributed by atoms with Gasteiger partial charge in [-0.05, 0) is 49.7 Å². The summed E-state index contributed by atoms with van der Waals surface area (Å²) >= 11 is 1.84. The van der Waals surface area contributed by atoms with Crippen LogP contribution < -0.4 is 0 Å². The molecule has 0 spiro atoms. The number of likely N-dealkylation sites (N-methyl/N-ethyl adjacent to an activating group) is 1. The largest absolute Gasteiger partial charge is 0.304 e. The average Bonchev–Trinajstić information content (AvgIpc) is 2.78. The Bertz CT molecular complexity index is 796. The van der Waals surface area contributed by atoms with Crippen LogP contribution in [0.2, 0.25) is 0 Å². The number of ketones is 1. The Morgan fingerprint density at radius 2 is 1.80 bits per heavy atom. The summed E-state index contributed by atoms with van der Waals surface area (Å²) in [6.07, 6.45) is 0.976. The number of carbonyl (C=O) groups excluding carboxylic acids is 1. The van der Waals surface area contributed by atoms with Gasteiger partial charge in [0.25, 0.3) is 0 Å². The van der Waals surface area contributed by atoms with Crippen LogP contribution in [0.25, 0.3) is 0 Å². The van der Waals surface area contributed by atoms with E-state index >= 15 is 0 Å². The zero-order chi connectivity index (χ0) is 17.4. The van der Waals surface area contributed by atoms with Crippen LogP contribution in [-0.2, 0) is 6.42 Å². The van der Waals surface area contributed by atoms with Gasteiger partial charge in [0.15, 0.2) is 5.78 Å². The normalized spacial score (nSPS) is 21.3. The molecule has 25 heavy (non-hydrogen) atoms. The maximum absolute atomic E-state index is 11.8. The van der Waals surface area contributed by atoms with Crippen molar-refractivity contribution < 1.29 is 4.79 Å². The first kappa shape index (κ1) is 16.8. The Morgan fingerprint density at radius 3 is 2.56 bits per heavy atom. The van der Waals surface area contributed by atoms with Gasteiger partial charge in [-0.3, -0.25) is 9.69 Å². The zero-order valence-electron chi connectivity index (χ0n) is 14.9. The predicted molar refractivity (Wildman–Crippen MR) is 103 cm³/mol. The van der Waals surface area contributed by atoms with Gasteiger partial charge in [0.1, 0.15) is 0 Å². The molecule has 1 saturated heterocycles. The van der Waals surface area contributed by atoms with Crippen molar-refractivity contribution in [1.29, 1.82) is 0 Å². The highest BCUT2D eigenvalue weighted by Crippen LogP contribution is 2.43. The average molecular weight is 353 g/mol. The highest BCUT2D eigenvalue weighted by Gasteiger charge is 2.29. The molecule has 0 amide bonds. The van der Waals surface area contributed by atoms with E-state index in [0.29, 0.717) is 6.04 Å². The van der Waals surface area contributed by atoms with Crippen LogP contribution in [0, 0.1) is 0 Å². The standard InChI is InChI=1S/C21H24N2OS/c1-15(24)16-7-8-20-17(13-16)14-19(23-11-9-22(2)10-12-23)18-5-3-4-6-21(18)25-20/h3-8,13,19H,9-12,14H2,1-2H3. The number of benzene rings is 2. The van der Waals surface area contributed by atoms with Gasteiger partial charge in [-0.15, -0.1) is 0 Å². The van der Waals surface area contributed by atoms with Gasteiger partial charge in [-0.25, -0.2) is 0 Å². The number of Topliss-reactive ketones (excluding diaryl/α,β-unsaturated/α-hetero) is 1. The molecule has 0 bridgehead atoms. The zero-order valence-corrected chi connectivity index (χ0v) is 15.7. The Balaban J connectivity index is 1.75. The molecular formula is C21H24N2OS. The fourth-order valence-corrected chi connectivity index (χ4v) is 4.92. The molecule has 0 radical (unpaired) electrons. The van der Waals surface area contributed by atoms with Gasteiger partial charge >= 0.3 is 0 Å². The van der Waals surface area contributed by atoms with E-state index in [1.165, 1.54) is 20.9 Å². The van der Waals surface area contributed by atoms with Gasteiger partial charge < -0.3 is 4.90 Å². The topological polar surface area (TPSA) is 23.6 Å². The van der Waals surface area contributed by atoms with Crippen molar-refractivity contribution in [3.8, 4) is 0 Å². The molecule has 2 aliphatic heterocycles. The van der Waals surface area contributed by atoms with E-state index in [9.17, 15) is 4.79 Å². The first-order valence-electron chi connectivity index (χ1n) is 8.95.